The Kier molecular flexibility index (Phi) is 2.99. The predicted octanol–water partition coefficient (Wildman–Crippen LogP) is 2.28. The van der Waals surface area contributed by atoms with E-state index in [1.54, 1.807) is 17.5 Å². The van der Waals surface area contributed by atoms with Gasteiger partial charge in [-0.25, -0.2) is 9.67 Å². The van der Waals surface area contributed by atoms with Crippen LogP contribution in [0.5, 0.6) is 0 Å². The highest BCUT2D eigenvalue weighted by atomic mass is 32.1. The number of nitrogens with zero attached hydrogens (tertiary/aromatic N) is 4. The summed E-state index contributed by atoms with van der Waals surface area (Å²) in [6.45, 7) is 2.38. The van der Waals surface area contributed by atoms with Crippen molar-refractivity contribution in [2.45, 2.75) is 13.5 Å². The number of nitrogen functional groups attached to an aromatic ring is 1. The van der Waals surface area contributed by atoms with Crippen LogP contribution >= 0.6 is 11.3 Å². The molecule has 3 aromatic heterocycles. The lowest BCUT2D eigenvalue weighted by Crippen LogP contribution is -2.24. The Labute approximate surface area is 135 Å². The average Bonchev–Trinajstić information content (AvgIpc) is 3.02. The first-order valence-electron chi connectivity index (χ1n) is 7.20. The van der Waals surface area contributed by atoms with Gasteiger partial charge in [0, 0.05) is 18.1 Å². The van der Waals surface area contributed by atoms with Crippen LogP contribution in [0.4, 0.5) is 5.69 Å². The second kappa shape index (κ2) is 4.92. The number of nitrogens with two attached hydrogens (primary N) is 1. The maximum absolute atomic E-state index is 12.8. The summed E-state index contributed by atoms with van der Waals surface area (Å²) < 4.78 is 4.35. The molecule has 0 aliphatic heterocycles. The molecule has 6 nitrogen and oxygen atoms in total. The zero-order valence-electron chi connectivity index (χ0n) is 12.8. The minimum absolute atomic E-state index is 0.107. The molecular weight excluding hydrogens is 310 g/mol. The molecule has 0 aliphatic carbocycles. The molecule has 23 heavy (non-hydrogen) atoms. The van der Waals surface area contributed by atoms with Crippen LogP contribution in [0.25, 0.3) is 21.3 Å². The number of hydrogen-bond donors (Lipinski definition) is 1. The largest absolute Gasteiger partial charge is 0.399 e. The highest BCUT2D eigenvalue weighted by molar-refractivity contribution is 7.19. The van der Waals surface area contributed by atoms with Gasteiger partial charge in [-0.2, -0.15) is 5.10 Å². The molecule has 2 N–H and O–H groups in total. The fourth-order valence-electron chi connectivity index (χ4n) is 2.80. The topological polar surface area (TPSA) is 78.7 Å². The molecule has 0 saturated carbocycles. The van der Waals surface area contributed by atoms with Crippen molar-refractivity contribution in [3.05, 3.63) is 51.4 Å². The lowest BCUT2D eigenvalue weighted by Gasteiger charge is -2.06. The Bertz CT molecular complexity index is 1090. The third kappa shape index (κ3) is 2.12. The molecule has 0 fully saturated rings. The first kappa shape index (κ1) is 14.0. The van der Waals surface area contributed by atoms with E-state index < -0.39 is 0 Å². The molecule has 0 radical (unpaired) electrons. The molecule has 116 valence electrons. The van der Waals surface area contributed by atoms with Gasteiger partial charge in [0.05, 0.1) is 22.4 Å². The molecule has 7 heteroatoms. The first-order valence-corrected chi connectivity index (χ1v) is 8.02. The molecule has 4 rings (SSSR count). The van der Waals surface area contributed by atoms with Crippen molar-refractivity contribution in [1.29, 1.82) is 0 Å². The number of anilines is 1. The summed E-state index contributed by atoms with van der Waals surface area (Å²) in [7, 11) is 1.87. The second-order valence-electron chi connectivity index (χ2n) is 5.56. The van der Waals surface area contributed by atoms with Crippen LogP contribution in [0.1, 0.15) is 10.6 Å². The Morgan fingerprint density at radius 1 is 1.26 bits per heavy atom. The van der Waals surface area contributed by atoms with Crippen molar-refractivity contribution >= 4 is 38.3 Å². The van der Waals surface area contributed by atoms with Gasteiger partial charge in [0.2, 0.25) is 0 Å². The summed E-state index contributed by atoms with van der Waals surface area (Å²) in [5.74, 6) is 0. The van der Waals surface area contributed by atoms with Gasteiger partial charge in [0.25, 0.3) is 5.56 Å². The lowest BCUT2D eigenvalue weighted by atomic mass is 10.2. The molecule has 0 atom stereocenters. The van der Waals surface area contributed by atoms with E-state index >= 15 is 0 Å². The van der Waals surface area contributed by atoms with E-state index in [2.05, 4.69) is 10.1 Å². The van der Waals surface area contributed by atoms with Gasteiger partial charge in [-0.3, -0.25) is 4.79 Å². The zero-order chi connectivity index (χ0) is 16.1. The van der Waals surface area contributed by atoms with Crippen molar-refractivity contribution in [3.8, 4) is 0 Å². The van der Waals surface area contributed by atoms with Gasteiger partial charge < -0.3 is 10.3 Å². The zero-order valence-corrected chi connectivity index (χ0v) is 13.6. The number of rotatable bonds is 2. The van der Waals surface area contributed by atoms with Crippen molar-refractivity contribution in [2.24, 2.45) is 7.05 Å². The number of hydrogen-bond acceptors (Lipinski definition) is 5. The van der Waals surface area contributed by atoms with E-state index in [4.69, 9.17) is 5.73 Å². The van der Waals surface area contributed by atoms with E-state index in [0.29, 0.717) is 17.7 Å². The maximum Gasteiger partial charge on any atom is 0.291 e. The van der Waals surface area contributed by atoms with Crippen LogP contribution in [0.15, 0.2) is 35.3 Å². The Hall–Kier alpha value is -2.67. The summed E-state index contributed by atoms with van der Waals surface area (Å²) in [6.07, 6.45) is 1.76. The number of thiazole rings is 1. The summed E-state index contributed by atoms with van der Waals surface area (Å²) in [5, 5.41) is 6.19. The fraction of sp³-hybridized carbons (Fsp3) is 0.188. The Balaban J connectivity index is 1.89. The van der Waals surface area contributed by atoms with Crippen molar-refractivity contribution in [2.75, 3.05) is 5.73 Å². The number of aromatic nitrogens is 4. The van der Waals surface area contributed by atoms with E-state index in [1.165, 1.54) is 4.68 Å². The molecule has 0 spiro atoms. The molecule has 4 aromatic rings. The summed E-state index contributed by atoms with van der Waals surface area (Å²) in [4.78, 5) is 17.3. The maximum atomic E-state index is 12.8. The first-order chi connectivity index (χ1) is 11.0. The molecule has 0 saturated heterocycles. The van der Waals surface area contributed by atoms with E-state index in [-0.39, 0.29) is 5.56 Å². The SMILES string of the molecule is Cc1nc2c(s1)c1cnn(Cc3ccc(N)cc3)c(=O)c1n2C. The lowest BCUT2D eigenvalue weighted by molar-refractivity contribution is 0.644. The van der Waals surface area contributed by atoms with Crippen molar-refractivity contribution in [3.63, 3.8) is 0 Å². The molecular formula is C16H15N5OS. The molecule has 0 amide bonds. The third-order valence-electron chi connectivity index (χ3n) is 3.94. The van der Waals surface area contributed by atoms with E-state index in [0.717, 1.165) is 26.3 Å². The van der Waals surface area contributed by atoms with E-state index in [1.807, 2.05) is 42.8 Å². The van der Waals surface area contributed by atoms with Gasteiger partial charge in [-0.1, -0.05) is 12.1 Å². The summed E-state index contributed by atoms with van der Waals surface area (Å²) in [6, 6.07) is 7.46. The number of fused-ring (bicyclic) bond motifs is 3. The number of aryl methyl sites for hydroxylation is 2. The molecule has 3 heterocycles. The normalized spacial score (nSPS) is 11.6. The van der Waals surface area contributed by atoms with Crippen LogP contribution < -0.4 is 11.3 Å². The molecule has 0 unspecified atom stereocenters. The van der Waals surface area contributed by atoms with Gasteiger partial charge >= 0.3 is 0 Å². The summed E-state index contributed by atoms with van der Waals surface area (Å²) in [5.41, 5.74) is 8.76. The predicted molar refractivity (Wildman–Crippen MR) is 92.8 cm³/mol. The smallest absolute Gasteiger partial charge is 0.291 e. The van der Waals surface area contributed by atoms with Crippen LogP contribution in [0, 0.1) is 6.92 Å². The quantitative estimate of drug-likeness (QED) is 0.574. The van der Waals surface area contributed by atoms with Gasteiger partial charge in [0.15, 0.2) is 5.65 Å². The monoisotopic (exact) mass is 325 g/mol. The highest BCUT2D eigenvalue weighted by Gasteiger charge is 2.17. The third-order valence-corrected chi connectivity index (χ3v) is 4.94. The molecule has 0 bridgehead atoms. The van der Waals surface area contributed by atoms with Crippen LogP contribution in [-0.2, 0) is 13.6 Å². The van der Waals surface area contributed by atoms with Gasteiger partial charge in [0.1, 0.15) is 5.52 Å². The van der Waals surface area contributed by atoms with Gasteiger partial charge in [-0.15, -0.1) is 11.3 Å². The molecule has 0 aliphatic rings. The highest BCUT2D eigenvalue weighted by Crippen LogP contribution is 2.30. The minimum Gasteiger partial charge on any atom is -0.399 e. The molecule has 1 aromatic carbocycles. The van der Waals surface area contributed by atoms with Crippen molar-refractivity contribution < 1.29 is 0 Å². The Morgan fingerprint density at radius 3 is 2.74 bits per heavy atom. The number of benzene rings is 1. The van der Waals surface area contributed by atoms with Crippen LogP contribution in [-0.4, -0.2) is 19.3 Å². The van der Waals surface area contributed by atoms with Gasteiger partial charge in [-0.05, 0) is 24.6 Å². The minimum atomic E-state index is -0.107. The second-order valence-corrected chi connectivity index (χ2v) is 6.76. The van der Waals surface area contributed by atoms with E-state index in [9.17, 15) is 4.79 Å². The van der Waals surface area contributed by atoms with Crippen molar-refractivity contribution in [1.82, 2.24) is 19.3 Å². The Morgan fingerprint density at radius 2 is 2.00 bits per heavy atom. The standard InChI is InChI=1S/C16H15N5OS/c1-9-19-15-14(23-9)12-7-18-21(16(22)13(12)20(15)2)8-10-3-5-11(17)6-4-10/h3-7H,8,17H2,1-2H3. The average molecular weight is 325 g/mol. The fourth-order valence-corrected chi connectivity index (χ4v) is 3.76. The van der Waals surface area contributed by atoms with Crippen LogP contribution in [0.2, 0.25) is 0 Å². The van der Waals surface area contributed by atoms with Crippen LogP contribution in [0.3, 0.4) is 0 Å². The summed E-state index contributed by atoms with van der Waals surface area (Å²) >= 11 is 1.59.